The number of nitriles is 1. The summed E-state index contributed by atoms with van der Waals surface area (Å²) in [6, 6.07) is 12.9. The maximum Gasteiger partial charge on any atom is 0.0625 e. The van der Waals surface area contributed by atoms with Gasteiger partial charge in [-0.15, -0.1) is 0 Å². The van der Waals surface area contributed by atoms with E-state index in [2.05, 4.69) is 58.1 Å². The molecule has 146 valence electrons. The van der Waals surface area contributed by atoms with E-state index in [0.717, 1.165) is 77.3 Å². The predicted octanol–water partition coefficient (Wildman–Crippen LogP) is 2.81. The Bertz CT molecular complexity index is 625. The van der Waals surface area contributed by atoms with E-state index in [1.165, 1.54) is 5.69 Å². The average molecular weight is 369 g/mol. The third kappa shape index (κ3) is 5.32. The maximum absolute atomic E-state index is 8.72. The van der Waals surface area contributed by atoms with Crippen LogP contribution in [0.25, 0.3) is 0 Å². The third-order valence-corrected chi connectivity index (χ3v) is 5.91. The lowest BCUT2D eigenvalue weighted by atomic mass is 9.87. The lowest BCUT2D eigenvalue weighted by Crippen LogP contribution is -2.62. The number of hydrogen-bond acceptors (Lipinski definition) is 5. The topological polar surface area (TPSA) is 51.5 Å². The largest absolute Gasteiger partial charge is 0.381 e. The zero-order chi connectivity index (χ0) is 19.0. The molecular weight excluding hydrogens is 336 g/mol. The van der Waals surface area contributed by atoms with Crippen molar-refractivity contribution in [2.24, 2.45) is 0 Å². The second-order valence-electron chi connectivity index (χ2n) is 7.66. The highest BCUT2D eigenvalue weighted by Crippen LogP contribution is 2.29. The third-order valence-electron chi connectivity index (χ3n) is 5.91. The molecule has 0 bridgehead atoms. The van der Waals surface area contributed by atoms with Gasteiger partial charge < -0.3 is 15.0 Å². The highest BCUT2D eigenvalue weighted by atomic mass is 16.5. The minimum atomic E-state index is 0.177. The molecule has 2 heterocycles. The molecule has 1 aromatic carbocycles. The van der Waals surface area contributed by atoms with Gasteiger partial charge in [0.15, 0.2) is 0 Å². The summed E-state index contributed by atoms with van der Waals surface area (Å²) in [7, 11) is 0. The summed E-state index contributed by atoms with van der Waals surface area (Å²) in [6.07, 6.45) is 3.50. The molecule has 2 aliphatic rings. The molecule has 0 aromatic heterocycles. The molecule has 0 unspecified atom stereocenters. The standard InChI is InChI=1S/C22H32N4O/c1-20(6-5-11-23)18-24-19-22(9-16-27-17-10-22)26-14-12-25(13-15-26)21-7-3-2-4-8-21/h2-4,7-8,24H,1,5-6,9-10,12-19H2. The Balaban J connectivity index is 1.55. The summed E-state index contributed by atoms with van der Waals surface area (Å²) in [5.74, 6) is 0. The molecule has 0 aliphatic carbocycles. The number of para-hydroxylation sites is 1. The molecule has 2 saturated heterocycles. The van der Waals surface area contributed by atoms with Crippen molar-refractivity contribution in [3.8, 4) is 6.07 Å². The van der Waals surface area contributed by atoms with E-state index in [1.807, 2.05) is 0 Å². The fraction of sp³-hybridized carbons (Fsp3) is 0.591. The first kappa shape index (κ1) is 19.9. The molecule has 0 radical (unpaired) electrons. The van der Waals surface area contributed by atoms with Gasteiger partial charge in [-0.1, -0.05) is 30.4 Å². The van der Waals surface area contributed by atoms with Crippen molar-refractivity contribution in [2.45, 2.75) is 31.2 Å². The van der Waals surface area contributed by atoms with Gasteiger partial charge >= 0.3 is 0 Å². The second-order valence-corrected chi connectivity index (χ2v) is 7.66. The summed E-state index contributed by atoms with van der Waals surface area (Å²) in [5.41, 5.74) is 2.62. The number of nitrogens with one attached hydrogen (secondary N) is 1. The van der Waals surface area contributed by atoms with E-state index in [1.54, 1.807) is 0 Å². The van der Waals surface area contributed by atoms with Crippen LogP contribution >= 0.6 is 0 Å². The first-order chi connectivity index (χ1) is 13.2. The van der Waals surface area contributed by atoms with Crippen LogP contribution in [0, 0.1) is 11.3 Å². The molecule has 3 rings (SSSR count). The number of piperazine rings is 1. The number of nitrogens with zero attached hydrogens (tertiary/aromatic N) is 3. The van der Waals surface area contributed by atoms with Gasteiger partial charge in [0.05, 0.1) is 6.07 Å². The molecular formula is C22H32N4O. The van der Waals surface area contributed by atoms with Crippen LogP contribution in [0.1, 0.15) is 25.7 Å². The predicted molar refractivity (Wildman–Crippen MR) is 110 cm³/mol. The molecule has 5 nitrogen and oxygen atoms in total. The average Bonchev–Trinajstić information content (AvgIpc) is 2.74. The number of rotatable bonds is 8. The smallest absolute Gasteiger partial charge is 0.0625 e. The summed E-state index contributed by atoms with van der Waals surface area (Å²) >= 11 is 0. The zero-order valence-corrected chi connectivity index (χ0v) is 16.3. The molecule has 0 amide bonds. The lowest BCUT2D eigenvalue weighted by molar-refractivity contribution is -0.0301. The number of ether oxygens (including phenoxy) is 1. The van der Waals surface area contributed by atoms with Crippen LogP contribution in [-0.4, -0.2) is 62.9 Å². The SMILES string of the molecule is C=C(CCC#N)CNCC1(N2CCN(c3ccccc3)CC2)CCOCC1. The molecule has 5 heteroatoms. The summed E-state index contributed by atoms with van der Waals surface area (Å²) in [6.45, 7) is 11.9. The van der Waals surface area contributed by atoms with Gasteiger partial charge in [-0.25, -0.2) is 0 Å². The summed E-state index contributed by atoms with van der Waals surface area (Å²) in [4.78, 5) is 5.17. The van der Waals surface area contributed by atoms with Crippen LogP contribution in [0.3, 0.4) is 0 Å². The van der Waals surface area contributed by atoms with Crippen molar-refractivity contribution in [3.63, 3.8) is 0 Å². The fourth-order valence-electron chi connectivity index (χ4n) is 4.23. The maximum atomic E-state index is 8.72. The van der Waals surface area contributed by atoms with Gasteiger partial charge in [-0.3, -0.25) is 4.90 Å². The Hall–Kier alpha value is -1.87. The molecule has 27 heavy (non-hydrogen) atoms. The highest BCUT2D eigenvalue weighted by Gasteiger charge is 2.39. The van der Waals surface area contributed by atoms with Gasteiger partial charge in [0.2, 0.25) is 0 Å². The van der Waals surface area contributed by atoms with Gasteiger partial charge in [0, 0.05) is 70.1 Å². The van der Waals surface area contributed by atoms with Crippen molar-refractivity contribution < 1.29 is 4.74 Å². The van der Waals surface area contributed by atoms with E-state index in [0.29, 0.717) is 6.42 Å². The van der Waals surface area contributed by atoms with Gasteiger partial charge in [0.1, 0.15) is 0 Å². The molecule has 1 aromatic rings. The lowest BCUT2D eigenvalue weighted by Gasteiger charge is -2.50. The van der Waals surface area contributed by atoms with E-state index in [9.17, 15) is 0 Å². The number of benzene rings is 1. The van der Waals surface area contributed by atoms with E-state index < -0.39 is 0 Å². The van der Waals surface area contributed by atoms with Gasteiger partial charge in [-0.05, 0) is 31.4 Å². The Morgan fingerprint density at radius 1 is 1.15 bits per heavy atom. The number of hydrogen-bond donors (Lipinski definition) is 1. The molecule has 0 saturated carbocycles. The Morgan fingerprint density at radius 3 is 2.52 bits per heavy atom. The number of anilines is 1. The quantitative estimate of drug-likeness (QED) is 0.715. The Labute approximate surface area is 163 Å². The Morgan fingerprint density at radius 2 is 1.85 bits per heavy atom. The molecule has 2 aliphatic heterocycles. The molecule has 2 fully saturated rings. The normalized spacial score (nSPS) is 20.2. The minimum Gasteiger partial charge on any atom is -0.381 e. The first-order valence-corrected chi connectivity index (χ1v) is 10.1. The van der Waals surface area contributed by atoms with Crippen LogP contribution in [-0.2, 0) is 4.74 Å². The van der Waals surface area contributed by atoms with Crippen molar-refractivity contribution >= 4 is 5.69 Å². The Kier molecular flexibility index (Phi) is 7.28. The fourth-order valence-corrected chi connectivity index (χ4v) is 4.23. The van der Waals surface area contributed by atoms with Crippen molar-refractivity contribution in [1.29, 1.82) is 5.26 Å². The monoisotopic (exact) mass is 368 g/mol. The van der Waals surface area contributed by atoms with Crippen LogP contribution in [0.4, 0.5) is 5.69 Å². The molecule has 0 atom stereocenters. The van der Waals surface area contributed by atoms with Crippen molar-refractivity contribution in [2.75, 3.05) is 57.4 Å². The first-order valence-electron chi connectivity index (χ1n) is 10.1. The van der Waals surface area contributed by atoms with Crippen molar-refractivity contribution in [1.82, 2.24) is 10.2 Å². The van der Waals surface area contributed by atoms with Crippen LogP contribution in [0.5, 0.6) is 0 Å². The van der Waals surface area contributed by atoms with E-state index >= 15 is 0 Å². The van der Waals surface area contributed by atoms with E-state index in [-0.39, 0.29) is 5.54 Å². The van der Waals surface area contributed by atoms with E-state index in [4.69, 9.17) is 10.00 Å². The highest BCUT2D eigenvalue weighted by molar-refractivity contribution is 5.46. The van der Waals surface area contributed by atoms with Crippen LogP contribution in [0.15, 0.2) is 42.5 Å². The van der Waals surface area contributed by atoms with Gasteiger partial charge in [-0.2, -0.15) is 5.26 Å². The zero-order valence-electron chi connectivity index (χ0n) is 16.3. The van der Waals surface area contributed by atoms with Crippen LogP contribution < -0.4 is 10.2 Å². The molecule has 0 spiro atoms. The molecule has 1 N–H and O–H groups in total. The van der Waals surface area contributed by atoms with Crippen LogP contribution in [0.2, 0.25) is 0 Å². The van der Waals surface area contributed by atoms with Gasteiger partial charge in [0.25, 0.3) is 0 Å². The summed E-state index contributed by atoms with van der Waals surface area (Å²) < 4.78 is 5.67. The van der Waals surface area contributed by atoms with Crippen molar-refractivity contribution in [3.05, 3.63) is 42.5 Å². The minimum absolute atomic E-state index is 0.177. The summed E-state index contributed by atoms with van der Waals surface area (Å²) in [5, 5.41) is 12.3. The second kappa shape index (κ2) is 9.89.